The number of nitrogens with zero attached hydrogens (tertiary/aromatic N) is 1. The van der Waals surface area contributed by atoms with Gasteiger partial charge < -0.3 is 15.2 Å². The number of rotatable bonds is 8. The highest BCUT2D eigenvalue weighted by Gasteiger charge is 2.15. The lowest BCUT2D eigenvalue weighted by atomic mass is 10.0. The number of ether oxygens (including phenoxy) is 1. The van der Waals surface area contributed by atoms with Gasteiger partial charge in [-0.2, -0.15) is 0 Å². The van der Waals surface area contributed by atoms with Gasteiger partial charge in [0.05, 0.1) is 24.5 Å². The summed E-state index contributed by atoms with van der Waals surface area (Å²) >= 11 is 0. The number of carbonyl (C=O) groups is 2. The number of carbonyl (C=O) groups excluding carboxylic acids is 1. The Bertz CT molecular complexity index is 1360. The number of hydrogen-bond donors (Lipinski definition) is 2. The number of aromatic nitrogens is 1. The number of aryl methyl sites for hydroxylation is 1. The van der Waals surface area contributed by atoms with Crippen molar-refractivity contribution in [1.29, 1.82) is 0 Å². The first-order valence-electron chi connectivity index (χ1n) is 10.9. The summed E-state index contributed by atoms with van der Waals surface area (Å²) in [4.78, 5) is 28.2. The van der Waals surface area contributed by atoms with Gasteiger partial charge in [0, 0.05) is 28.6 Å². The lowest BCUT2D eigenvalue weighted by molar-refractivity contribution is 0.0695. The highest BCUT2D eigenvalue weighted by molar-refractivity contribution is 6.05. The Morgan fingerprint density at radius 1 is 0.943 bits per heavy atom. The van der Waals surface area contributed by atoms with Crippen molar-refractivity contribution in [2.24, 2.45) is 0 Å². The van der Waals surface area contributed by atoms with E-state index in [0.717, 1.165) is 11.1 Å². The lowest BCUT2D eigenvalue weighted by Gasteiger charge is -2.10. The van der Waals surface area contributed by atoms with Crippen molar-refractivity contribution in [2.75, 3.05) is 5.32 Å². The molecule has 1 amide bonds. The number of hydrogen-bond acceptors (Lipinski definition) is 4. The summed E-state index contributed by atoms with van der Waals surface area (Å²) in [5, 5.41) is 12.1. The predicted octanol–water partition coefficient (Wildman–Crippen LogP) is 5.86. The quantitative estimate of drug-likeness (QED) is 0.337. The Kier molecular flexibility index (Phi) is 7.28. The fourth-order valence-electron chi connectivity index (χ4n) is 3.53. The van der Waals surface area contributed by atoms with E-state index in [1.807, 2.05) is 42.5 Å². The third-order valence-corrected chi connectivity index (χ3v) is 5.45. The number of halogens is 1. The zero-order valence-corrected chi connectivity index (χ0v) is 19.0. The van der Waals surface area contributed by atoms with Gasteiger partial charge in [0.25, 0.3) is 5.91 Å². The van der Waals surface area contributed by atoms with Gasteiger partial charge >= 0.3 is 5.97 Å². The van der Waals surface area contributed by atoms with Gasteiger partial charge in [-0.05, 0) is 54.4 Å². The summed E-state index contributed by atoms with van der Waals surface area (Å²) in [5.41, 5.74) is 3.54. The van der Waals surface area contributed by atoms with Gasteiger partial charge in [-0.25, -0.2) is 9.18 Å². The Balaban J connectivity index is 1.43. The van der Waals surface area contributed by atoms with Crippen molar-refractivity contribution in [1.82, 2.24) is 4.98 Å². The maximum Gasteiger partial charge on any atom is 0.337 e. The summed E-state index contributed by atoms with van der Waals surface area (Å²) in [6.07, 6.45) is 1.39. The van der Waals surface area contributed by atoms with Crippen LogP contribution in [0.3, 0.4) is 0 Å². The minimum atomic E-state index is -1.15. The lowest BCUT2D eigenvalue weighted by Crippen LogP contribution is -2.12. The minimum Gasteiger partial charge on any atom is -0.478 e. The SMILES string of the molecule is Cc1ncc(-c2cc(C(=O)Nc3ccc(COCc4ccccc4)cc3)ccc2F)cc1C(=O)O. The first-order valence-corrected chi connectivity index (χ1v) is 10.9. The molecule has 3 aromatic carbocycles. The normalized spacial score (nSPS) is 10.7. The number of amides is 1. The van der Waals surface area contributed by atoms with Gasteiger partial charge in [0.1, 0.15) is 5.82 Å². The van der Waals surface area contributed by atoms with Crippen LogP contribution in [0.4, 0.5) is 10.1 Å². The third-order valence-electron chi connectivity index (χ3n) is 5.45. The van der Waals surface area contributed by atoms with Gasteiger partial charge in [-0.3, -0.25) is 9.78 Å². The molecule has 0 fully saturated rings. The third kappa shape index (κ3) is 5.96. The molecule has 0 aliphatic carbocycles. The summed E-state index contributed by atoms with van der Waals surface area (Å²) in [5.74, 6) is -2.15. The van der Waals surface area contributed by atoms with E-state index in [1.165, 1.54) is 30.5 Å². The van der Waals surface area contributed by atoms with Crippen molar-refractivity contribution < 1.29 is 23.8 Å². The first-order chi connectivity index (χ1) is 16.9. The van der Waals surface area contributed by atoms with Gasteiger partial charge in [0.2, 0.25) is 0 Å². The van der Waals surface area contributed by atoms with E-state index in [9.17, 15) is 19.1 Å². The van der Waals surface area contributed by atoms with E-state index in [2.05, 4.69) is 10.3 Å². The largest absolute Gasteiger partial charge is 0.478 e. The van der Waals surface area contributed by atoms with E-state index in [1.54, 1.807) is 19.1 Å². The molecule has 6 nitrogen and oxygen atoms in total. The molecule has 4 rings (SSSR count). The molecule has 1 heterocycles. The maximum absolute atomic E-state index is 14.5. The van der Waals surface area contributed by atoms with E-state index in [-0.39, 0.29) is 22.3 Å². The molecular formula is C28H23FN2O4. The van der Waals surface area contributed by atoms with Gasteiger partial charge in [-0.15, -0.1) is 0 Å². The van der Waals surface area contributed by atoms with Crippen LogP contribution < -0.4 is 5.32 Å². The predicted molar refractivity (Wildman–Crippen MR) is 131 cm³/mol. The van der Waals surface area contributed by atoms with Crippen molar-refractivity contribution >= 4 is 17.6 Å². The Labute approximate surface area is 202 Å². The maximum atomic E-state index is 14.5. The number of benzene rings is 3. The number of aromatic carboxylic acids is 1. The van der Waals surface area contributed by atoms with Crippen LogP contribution in [0.2, 0.25) is 0 Å². The number of nitrogens with one attached hydrogen (secondary N) is 1. The smallest absolute Gasteiger partial charge is 0.337 e. The molecule has 0 atom stereocenters. The second kappa shape index (κ2) is 10.7. The molecule has 35 heavy (non-hydrogen) atoms. The molecule has 7 heteroatoms. The Hall–Kier alpha value is -4.36. The Morgan fingerprint density at radius 2 is 1.63 bits per heavy atom. The van der Waals surface area contributed by atoms with Crippen LogP contribution in [0, 0.1) is 12.7 Å². The molecule has 0 bridgehead atoms. The highest BCUT2D eigenvalue weighted by atomic mass is 19.1. The molecule has 1 aromatic heterocycles. The van der Waals surface area contributed by atoms with E-state index in [4.69, 9.17) is 4.74 Å². The Morgan fingerprint density at radius 3 is 2.31 bits per heavy atom. The molecule has 0 spiro atoms. The minimum absolute atomic E-state index is 0.0235. The summed E-state index contributed by atoms with van der Waals surface area (Å²) in [6, 6.07) is 22.4. The zero-order valence-electron chi connectivity index (χ0n) is 19.0. The molecule has 0 radical (unpaired) electrons. The number of anilines is 1. The van der Waals surface area contributed by atoms with Crippen molar-refractivity contribution in [2.45, 2.75) is 20.1 Å². The average molecular weight is 471 g/mol. The van der Waals surface area contributed by atoms with E-state index in [0.29, 0.717) is 24.6 Å². The standard InChI is InChI=1S/C28H23FN2O4/c1-18-24(28(33)34)14-22(15-30-18)25-13-21(9-12-26(25)29)27(32)31-23-10-7-20(8-11-23)17-35-16-19-5-3-2-4-6-19/h2-15H,16-17H2,1H3,(H,31,32)(H,33,34). The van der Waals surface area contributed by atoms with Gasteiger partial charge in [-0.1, -0.05) is 42.5 Å². The van der Waals surface area contributed by atoms with Crippen molar-refractivity contribution in [3.63, 3.8) is 0 Å². The molecule has 4 aromatic rings. The highest BCUT2D eigenvalue weighted by Crippen LogP contribution is 2.26. The number of carboxylic acid groups (broad SMARTS) is 1. The van der Waals surface area contributed by atoms with Crippen LogP contribution in [0.25, 0.3) is 11.1 Å². The van der Waals surface area contributed by atoms with Crippen LogP contribution >= 0.6 is 0 Å². The molecule has 176 valence electrons. The molecule has 0 aliphatic rings. The zero-order chi connectivity index (χ0) is 24.8. The fraction of sp³-hybridized carbons (Fsp3) is 0.107. The topological polar surface area (TPSA) is 88.5 Å². The second-order valence-electron chi connectivity index (χ2n) is 7.99. The molecule has 0 aliphatic heterocycles. The second-order valence-corrected chi connectivity index (χ2v) is 7.99. The van der Waals surface area contributed by atoms with E-state index < -0.39 is 17.7 Å². The van der Waals surface area contributed by atoms with Crippen LogP contribution in [0.1, 0.15) is 37.5 Å². The fourth-order valence-corrected chi connectivity index (χ4v) is 3.53. The first kappa shape index (κ1) is 23.8. The molecule has 0 saturated carbocycles. The summed E-state index contributed by atoms with van der Waals surface area (Å²) in [7, 11) is 0. The monoisotopic (exact) mass is 470 g/mol. The summed E-state index contributed by atoms with van der Waals surface area (Å²) < 4.78 is 20.2. The number of carboxylic acids is 1. The number of pyridine rings is 1. The van der Waals surface area contributed by atoms with Crippen LogP contribution in [-0.4, -0.2) is 22.0 Å². The van der Waals surface area contributed by atoms with Crippen molar-refractivity contribution in [3.8, 4) is 11.1 Å². The molecule has 2 N–H and O–H groups in total. The van der Waals surface area contributed by atoms with E-state index >= 15 is 0 Å². The van der Waals surface area contributed by atoms with Crippen molar-refractivity contribution in [3.05, 3.63) is 119 Å². The average Bonchev–Trinajstić information content (AvgIpc) is 2.86. The molecule has 0 saturated heterocycles. The molecular weight excluding hydrogens is 447 g/mol. The summed E-state index contributed by atoms with van der Waals surface area (Å²) in [6.45, 7) is 2.51. The van der Waals surface area contributed by atoms with Crippen LogP contribution in [0.5, 0.6) is 0 Å². The van der Waals surface area contributed by atoms with Crippen LogP contribution in [0.15, 0.2) is 85.1 Å². The molecule has 0 unspecified atom stereocenters. The van der Waals surface area contributed by atoms with Crippen LogP contribution in [-0.2, 0) is 18.0 Å². The van der Waals surface area contributed by atoms with Gasteiger partial charge in [0.15, 0.2) is 0 Å².